The molecule has 2 rings (SSSR count). The molecule has 0 aromatic rings. The van der Waals surface area contributed by atoms with Crippen LogP contribution in [0.5, 0.6) is 0 Å². The van der Waals surface area contributed by atoms with Gasteiger partial charge in [0.15, 0.2) is 0 Å². The predicted molar refractivity (Wildman–Crippen MR) is 75.1 cm³/mol. The molecule has 1 atom stereocenters. The first-order chi connectivity index (χ1) is 9.34. The largest absolute Gasteiger partial charge is 0.381 e. The Labute approximate surface area is 116 Å². The molecule has 5 heteroatoms. The van der Waals surface area contributed by atoms with Gasteiger partial charge in [0, 0.05) is 52.4 Å². The van der Waals surface area contributed by atoms with Gasteiger partial charge in [0.25, 0.3) is 0 Å². The van der Waals surface area contributed by atoms with Crippen molar-refractivity contribution in [2.75, 3.05) is 52.5 Å². The third-order valence-electron chi connectivity index (χ3n) is 3.99. The minimum Gasteiger partial charge on any atom is -0.381 e. The van der Waals surface area contributed by atoms with Crippen LogP contribution in [0, 0.1) is 5.92 Å². The minimum atomic E-state index is 0.201. The van der Waals surface area contributed by atoms with E-state index >= 15 is 0 Å². The van der Waals surface area contributed by atoms with Gasteiger partial charge in [-0.2, -0.15) is 0 Å². The summed E-state index contributed by atoms with van der Waals surface area (Å²) in [6, 6.07) is 0. The van der Waals surface area contributed by atoms with E-state index in [1.165, 1.54) is 0 Å². The summed E-state index contributed by atoms with van der Waals surface area (Å²) in [4.78, 5) is 14.1. The number of piperazine rings is 1. The Bertz CT molecular complexity index is 261. The van der Waals surface area contributed by atoms with Crippen molar-refractivity contribution < 1.29 is 9.53 Å². The molecule has 2 aliphatic heterocycles. The number of hydrogen-bond donors (Lipinski definition) is 2. The molecule has 1 unspecified atom stereocenters. The molecular formula is C14H27N3O2. The summed E-state index contributed by atoms with van der Waals surface area (Å²) >= 11 is 0. The highest BCUT2D eigenvalue weighted by Gasteiger charge is 2.16. The molecule has 19 heavy (non-hydrogen) atoms. The third-order valence-corrected chi connectivity index (χ3v) is 3.99. The van der Waals surface area contributed by atoms with Crippen LogP contribution in [-0.4, -0.2) is 63.3 Å². The van der Waals surface area contributed by atoms with Crippen LogP contribution >= 0.6 is 0 Å². The molecule has 2 saturated heterocycles. The quantitative estimate of drug-likeness (QED) is 0.649. The maximum absolute atomic E-state index is 11.7. The molecule has 2 fully saturated rings. The van der Waals surface area contributed by atoms with Gasteiger partial charge in [-0.25, -0.2) is 0 Å². The van der Waals surface area contributed by atoms with Gasteiger partial charge in [0.2, 0.25) is 5.91 Å². The van der Waals surface area contributed by atoms with Crippen LogP contribution < -0.4 is 10.6 Å². The molecule has 2 N–H and O–H groups in total. The Morgan fingerprint density at radius 2 is 2.21 bits per heavy atom. The van der Waals surface area contributed by atoms with Gasteiger partial charge >= 0.3 is 0 Å². The number of carbonyl (C=O) groups excluding carboxylic acids is 1. The van der Waals surface area contributed by atoms with E-state index in [-0.39, 0.29) is 5.91 Å². The summed E-state index contributed by atoms with van der Waals surface area (Å²) in [5.41, 5.74) is 0. The lowest BCUT2D eigenvalue weighted by atomic mass is 10.0. The fourth-order valence-corrected chi connectivity index (χ4v) is 2.70. The highest BCUT2D eigenvalue weighted by atomic mass is 16.5. The molecule has 2 heterocycles. The number of rotatable bonds is 7. The molecule has 0 aromatic heterocycles. The molecule has 0 aliphatic carbocycles. The van der Waals surface area contributed by atoms with Crippen LogP contribution in [0.25, 0.3) is 0 Å². The first-order valence-corrected chi connectivity index (χ1v) is 7.62. The highest BCUT2D eigenvalue weighted by Crippen LogP contribution is 2.17. The molecular weight excluding hydrogens is 242 g/mol. The van der Waals surface area contributed by atoms with Crippen molar-refractivity contribution in [1.82, 2.24) is 15.5 Å². The molecule has 0 saturated carbocycles. The van der Waals surface area contributed by atoms with E-state index in [1.54, 1.807) is 0 Å². The van der Waals surface area contributed by atoms with E-state index in [9.17, 15) is 4.79 Å². The molecule has 0 radical (unpaired) electrons. The Balaban J connectivity index is 1.44. The van der Waals surface area contributed by atoms with Crippen molar-refractivity contribution in [2.24, 2.45) is 5.92 Å². The van der Waals surface area contributed by atoms with Crippen molar-refractivity contribution in [1.29, 1.82) is 0 Å². The molecule has 5 nitrogen and oxygen atoms in total. The van der Waals surface area contributed by atoms with Crippen LogP contribution in [-0.2, 0) is 9.53 Å². The normalized spacial score (nSPS) is 24.5. The number of amides is 1. The number of ether oxygens (including phenoxy) is 1. The van der Waals surface area contributed by atoms with E-state index in [4.69, 9.17) is 4.74 Å². The monoisotopic (exact) mass is 269 g/mol. The van der Waals surface area contributed by atoms with Crippen molar-refractivity contribution in [3.8, 4) is 0 Å². The summed E-state index contributed by atoms with van der Waals surface area (Å²) in [6.45, 7) is 8.08. The molecule has 0 bridgehead atoms. The number of nitrogens with zero attached hydrogens (tertiary/aromatic N) is 1. The van der Waals surface area contributed by atoms with E-state index in [0.29, 0.717) is 12.3 Å². The lowest BCUT2D eigenvalue weighted by Crippen LogP contribution is -2.44. The average molecular weight is 269 g/mol. The van der Waals surface area contributed by atoms with Crippen molar-refractivity contribution in [2.45, 2.75) is 25.7 Å². The Hall–Kier alpha value is -0.650. The lowest BCUT2D eigenvalue weighted by Gasteiger charge is -2.27. The smallest absolute Gasteiger partial charge is 0.220 e. The van der Waals surface area contributed by atoms with Gasteiger partial charge in [-0.05, 0) is 31.7 Å². The van der Waals surface area contributed by atoms with Crippen LogP contribution in [0.15, 0.2) is 0 Å². The number of carbonyl (C=O) groups is 1. The van der Waals surface area contributed by atoms with E-state index in [1.807, 2.05) is 0 Å². The SMILES string of the molecule is O=C(CCC1CCOC1)NCCCN1CCNCC1. The second kappa shape index (κ2) is 8.51. The molecule has 0 spiro atoms. The van der Waals surface area contributed by atoms with E-state index in [2.05, 4.69) is 15.5 Å². The number of nitrogens with one attached hydrogen (secondary N) is 2. The summed E-state index contributed by atoms with van der Waals surface area (Å²) in [6.07, 6.45) is 3.81. The van der Waals surface area contributed by atoms with E-state index in [0.717, 1.165) is 71.7 Å². The van der Waals surface area contributed by atoms with Gasteiger partial charge in [-0.15, -0.1) is 0 Å². The van der Waals surface area contributed by atoms with E-state index < -0.39 is 0 Å². The standard InChI is InChI=1S/C14H27N3O2/c18-14(3-2-13-4-11-19-12-13)16-5-1-8-17-9-6-15-7-10-17/h13,15H,1-12H2,(H,16,18). The molecule has 110 valence electrons. The summed E-state index contributed by atoms with van der Waals surface area (Å²) in [5, 5.41) is 6.37. The van der Waals surface area contributed by atoms with Crippen LogP contribution in [0.1, 0.15) is 25.7 Å². The van der Waals surface area contributed by atoms with Crippen molar-refractivity contribution in [3.05, 3.63) is 0 Å². The second-order valence-electron chi connectivity index (χ2n) is 5.56. The zero-order valence-electron chi connectivity index (χ0n) is 11.8. The zero-order chi connectivity index (χ0) is 13.3. The highest BCUT2D eigenvalue weighted by molar-refractivity contribution is 5.75. The van der Waals surface area contributed by atoms with Crippen LogP contribution in [0.4, 0.5) is 0 Å². The third kappa shape index (κ3) is 5.89. The lowest BCUT2D eigenvalue weighted by molar-refractivity contribution is -0.121. The Morgan fingerprint density at radius 1 is 1.37 bits per heavy atom. The molecule has 2 aliphatic rings. The predicted octanol–water partition coefficient (Wildman–Crippen LogP) is 0.215. The van der Waals surface area contributed by atoms with Gasteiger partial charge < -0.3 is 20.3 Å². The topological polar surface area (TPSA) is 53.6 Å². The summed E-state index contributed by atoms with van der Waals surface area (Å²) in [5.74, 6) is 0.804. The maximum Gasteiger partial charge on any atom is 0.220 e. The summed E-state index contributed by atoms with van der Waals surface area (Å²) < 4.78 is 5.31. The fraction of sp³-hybridized carbons (Fsp3) is 0.929. The number of hydrogen-bond acceptors (Lipinski definition) is 4. The van der Waals surface area contributed by atoms with Gasteiger partial charge in [0.05, 0.1) is 0 Å². The van der Waals surface area contributed by atoms with Crippen molar-refractivity contribution in [3.63, 3.8) is 0 Å². The molecule has 0 aromatic carbocycles. The summed E-state index contributed by atoms with van der Waals surface area (Å²) in [7, 11) is 0. The van der Waals surface area contributed by atoms with Crippen molar-refractivity contribution >= 4 is 5.91 Å². The Kier molecular flexibility index (Phi) is 6.61. The molecule has 1 amide bonds. The first-order valence-electron chi connectivity index (χ1n) is 7.62. The fourth-order valence-electron chi connectivity index (χ4n) is 2.70. The first kappa shape index (κ1) is 14.8. The van der Waals surface area contributed by atoms with Gasteiger partial charge in [-0.3, -0.25) is 4.79 Å². The second-order valence-corrected chi connectivity index (χ2v) is 5.56. The van der Waals surface area contributed by atoms with Crippen LogP contribution in [0.2, 0.25) is 0 Å². The minimum absolute atomic E-state index is 0.201. The van der Waals surface area contributed by atoms with Gasteiger partial charge in [-0.1, -0.05) is 0 Å². The Morgan fingerprint density at radius 3 is 2.95 bits per heavy atom. The zero-order valence-corrected chi connectivity index (χ0v) is 11.8. The van der Waals surface area contributed by atoms with Gasteiger partial charge in [0.1, 0.15) is 0 Å². The van der Waals surface area contributed by atoms with Crippen LogP contribution in [0.3, 0.4) is 0 Å². The average Bonchev–Trinajstić information content (AvgIpc) is 2.96. The maximum atomic E-state index is 11.7.